The lowest BCUT2D eigenvalue weighted by atomic mass is 10.0. The zero-order valence-corrected chi connectivity index (χ0v) is 12.0. The van der Waals surface area contributed by atoms with Gasteiger partial charge in [0.1, 0.15) is 12.7 Å². The Balaban J connectivity index is 1.84. The summed E-state index contributed by atoms with van der Waals surface area (Å²) in [5, 5.41) is 4.85. The third kappa shape index (κ3) is 1.61. The molecular formula is C15H12ClN5. The van der Waals surface area contributed by atoms with E-state index in [1.165, 1.54) is 18.4 Å². The van der Waals surface area contributed by atoms with E-state index >= 15 is 0 Å². The minimum Gasteiger partial charge on any atom is -0.299 e. The van der Waals surface area contributed by atoms with Gasteiger partial charge < -0.3 is 0 Å². The summed E-state index contributed by atoms with van der Waals surface area (Å²) >= 11 is 6.23. The van der Waals surface area contributed by atoms with E-state index in [1.807, 2.05) is 9.25 Å². The minimum atomic E-state index is 0.524. The van der Waals surface area contributed by atoms with Gasteiger partial charge in [-0.05, 0) is 36.5 Å². The van der Waals surface area contributed by atoms with Gasteiger partial charge in [0, 0.05) is 5.56 Å². The number of imidazole rings is 1. The first-order chi connectivity index (χ1) is 10.3. The standard InChI is InChI=1S/C15H12ClN5/c16-14-13-6-21-15(17-7-19-21)11-5-10(9-1-2-9)3-4-12(11)20(13)8-18-14/h3-5,7-9H,1-2,6H2. The Morgan fingerprint density at radius 3 is 2.95 bits per heavy atom. The SMILES string of the molecule is Clc1ncn2c1Cn1ncnc1-c1cc(C3CC3)ccc1-2. The van der Waals surface area contributed by atoms with Crippen molar-refractivity contribution in [1.82, 2.24) is 24.3 Å². The maximum Gasteiger partial charge on any atom is 0.160 e. The van der Waals surface area contributed by atoms with Crippen molar-refractivity contribution in [2.45, 2.75) is 25.3 Å². The molecule has 2 aliphatic rings. The Morgan fingerprint density at radius 2 is 2.10 bits per heavy atom. The lowest BCUT2D eigenvalue weighted by Crippen LogP contribution is -2.04. The monoisotopic (exact) mass is 297 g/mol. The van der Waals surface area contributed by atoms with Crippen LogP contribution in [0.5, 0.6) is 0 Å². The van der Waals surface area contributed by atoms with E-state index in [4.69, 9.17) is 11.6 Å². The molecule has 0 atom stereocenters. The maximum atomic E-state index is 6.23. The zero-order valence-electron chi connectivity index (χ0n) is 11.2. The van der Waals surface area contributed by atoms with Crippen molar-refractivity contribution in [1.29, 1.82) is 0 Å². The second kappa shape index (κ2) is 3.95. The van der Waals surface area contributed by atoms with E-state index in [0.717, 1.165) is 22.8 Å². The zero-order chi connectivity index (χ0) is 14.0. The number of nitrogens with zero attached hydrogens (tertiary/aromatic N) is 5. The van der Waals surface area contributed by atoms with Gasteiger partial charge >= 0.3 is 0 Å². The lowest BCUT2D eigenvalue weighted by Gasteiger charge is -2.10. The molecule has 3 heterocycles. The molecule has 0 spiro atoms. The molecule has 0 radical (unpaired) electrons. The average molecular weight is 298 g/mol. The van der Waals surface area contributed by atoms with Gasteiger partial charge in [-0.15, -0.1) is 0 Å². The predicted molar refractivity (Wildman–Crippen MR) is 78.7 cm³/mol. The highest BCUT2D eigenvalue weighted by molar-refractivity contribution is 6.30. The number of benzene rings is 1. The smallest absolute Gasteiger partial charge is 0.160 e. The van der Waals surface area contributed by atoms with E-state index < -0.39 is 0 Å². The summed E-state index contributed by atoms with van der Waals surface area (Å²) in [5.74, 6) is 1.60. The highest BCUT2D eigenvalue weighted by Gasteiger charge is 2.27. The van der Waals surface area contributed by atoms with Crippen molar-refractivity contribution >= 4 is 11.6 Å². The highest BCUT2D eigenvalue weighted by Crippen LogP contribution is 2.42. The number of aromatic nitrogens is 5. The Hall–Kier alpha value is -2.14. The Morgan fingerprint density at radius 1 is 1.19 bits per heavy atom. The summed E-state index contributed by atoms with van der Waals surface area (Å²) in [4.78, 5) is 8.68. The minimum absolute atomic E-state index is 0.524. The maximum absolute atomic E-state index is 6.23. The number of hydrogen-bond acceptors (Lipinski definition) is 3. The molecule has 1 saturated carbocycles. The van der Waals surface area contributed by atoms with Crippen LogP contribution in [0.1, 0.15) is 30.0 Å². The molecular weight excluding hydrogens is 286 g/mol. The fourth-order valence-electron chi connectivity index (χ4n) is 3.04. The van der Waals surface area contributed by atoms with Crippen LogP contribution in [-0.4, -0.2) is 24.3 Å². The molecule has 5 nitrogen and oxygen atoms in total. The van der Waals surface area contributed by atoms with E-state index in [1.54, 1.807) is 12.7 Å². The van der Waals surface area contributed by atoms with Gasteiger partial charge in [0.2, 0.25) is 0 Å². The van der Waals surface area contributed by atoms with Crippen molar-refractivity contribution in [2.75, 3.05) is 0 Å². The molecule has 1 aliphatic heterocycles. The predicted octanol–water partition coefficient (Wildman–Crippen LogP) is 3.02. The van der Waals surface area contributed by atoms with Crippen LogP contribution in [0, 0.1) is 0 Å². The van der Waals surface area contributed by atoms with Crippen molar-refractivity contribution < 1.29 is 0 Å². The average Bonchev–Trinajstić information content (AvgIpc) is 3.18. The van der Waals surface area contributed by atoms with Crippen LogP contribution < -0.4 is 0 Å². The summed E-state index contributed by atoms with van der Waals surface area (Å²) in [6.45, 7) is 0.585. The van der Waals surface area contributed by atoms with Gasteiger partial charge in [0.25, 0.3) is 0 Å². The van der Waals surface area contributed by atoms with Gasteiger partial charge in [-0.25, -0.2) is 14.6 Å². The third-order valence-electron chi connectivity index (χ3n) is 4.30. The number of hydrogen-bond donors (Lipinski definition) is 0. The molecule has 0 amide bonds. The van der Waals surface area contributed by atoms with Crippen LogP contribution in [0.2, 0.25) is 5.15 Å². The van der Waals surface area contributed by atoms with Gasteiger partial charge in [0.15, 0.2) is 11.0 Å². The molecule has 0 N–H and O–H groups in total. The Bertz CT molecular complexity index is 859. The van der Waals surface area contributed by atoms with E-state index in [-0.39, 0.29) is 0 Å². The normalized spacial score (nSPS) is 16.0. The van der Waals surface area contributed by atoms with Gasteiger partial charge in [0.05, 0.1) is 17.9 Å². The third-order valence-corrected chi connectivity index (χ3v) is 4.62. The molecule has 0 unspecified atom stereocenters. The van der Waals surface area contributed by atoms with Crippen molar-refractivity contribution in [3.05, 3.63) is 47.3 Å². The van der Waals surface area contributed by atoms with E-state index in [0.29, 0.717) is 17.6 Å². The van der Waals surface area contributed by atoms with E-state index in [2.05, 4.69) is 33.3 Å². The van der Waals surface area contributed by atoms with Crippen LogP contribution in [0.3, 0.4) is 0 Å². The summed E-state index contributed by atoms with van der Waals surface area (Å²) in [6, 6.07) is 6.60. The molecule has 21 heavy (non-hydrogen) atoms. The number of rotatable bonds is 1. The topological polar surface area (TPSA) is 48.5 Å². The van der Waals surface area contributed by atoms with Gasteiger partial charge in [-0.2, -0.15) is 5.10 Å². The van der Waals surface area contributed by atoms with Crippen LogP contribution >= 0.6 is 11.6 Å². The van der Waals surface area contributed by atoms with Crippen LogP contribution in [0.4, 0.5) is 0 Å². The molecule has 0 bridgehead atoms. The number of fused-ring (bicyclic) bond motifs is 5. The molecule has 6 heteroatoms. The summed E-state index contributed by atoms with van der Waals surface area (Å²) < 4.78 is 3.94. The van der Waals surface area contributed by atoms with Gasteiger partial charge in [-0.1, -0.05) is 17.7 Å². The quantitative estimate of drug-likeness (QED) is 0.542. The molecule has 2 aromatic heterocycles. The van der Waals surface area contributed by atoms with Crippen molar-refractivity contribution in [3.8, 4) is 17.1 Å². The molecule has 1 aliphatic carbocycles. The van der Waals surface area contributed by atoms with Crippen molar-refractivity contribution in [2.24, 2.45) is 0 Å². The second-order valence-corrected chi connectivity index (χ2v) is 6.00. The molecule has 0 saturated heterocycles. The molecule has 104 valence electrons. The summed E-state index contributed by atoms with van der Waals surface area (Å²) in [5.41, 5.74) is 4.50. The lowest BCUT2D eigenvalue weighted by molar-refractivity contribution is 0.677. The first kappa shape index (κ1) is 11.5. The first-order valence-electron chi connectivity index (χ1n) is 7.05. The Kier molecular flexibility index (Phi) is 2.16. The largest absolute Gasteiger partial charge is 0.299 e. The van der Waals surface area contributed by atoms with Crippen LogP contribution in [0.15, 0.2) is 30.9 Å². The molecule has 1 fully saturated rings. The fourth-order valence-corrected chi connectivity index (χ4v) is 3.24. The van der Waals surface area contributed by atoms with Crippen LogP contribution in [-0.2, 0) is 6.54 Å². The number of halogens is 1. The van der Waals surface area contributed by atoms with Gasteiger partial charge in [-0.3, -0.25) is 4.57 Å². The van der Waals surface area contributed by atoms with E-state index in [9.17, 15) is 0 Å². The first-order valence-corrected chi connectivity index (χ1v) is 7.43. The van der Waals surface area contributed by atoms with Crippen LogP contribution in [0.25, 0.3) is 17.1 Å². The summed E-state index contributed by atoms with van der Waals surface area (Å²) in [7, 11) is 0. The fraction of sp³-hybridized carbons (Fsp3) is 0.267. The Labute approximate surface area is 126 Å². The molecule has 1 aromatic carbocycles. The molecule has 3 aromatic rings. The summed E-state index contributed by atoms with van der Waals surface area (Å²) in [6.07, 6.45) is 5.95. The highest BCUT2D eigenvalue weighted by atomic mass is 35.5. The second-order valence-electron chi connectivity index (χ2n) is 5.64. The molecule has 5 rings (SSSR count). The van der Waals surface area contributed by atoms with Crippen molar-refractivity contribution in [3.63, 3.8) is 0 Å².